The van der Waals surface area contributed by atoms with Crippen LogP contribution in [0.4, 0.5) is 5.95 Å². The fourth-order valence-corrected chi connectivity index (χ4v) is 2.89. The van der Waals surface area contributed by atoms with Crippen molar-refractivity contribution in [3.63, 3.8) is 0 Å². The summed E-state index contributed by atoms with van der Waals surface area (Å²) in [5, 5.41) is 6.35. The van der Waals surface area contributed by atoms with Crippen LogP contribution in [0.5, 0.6) is 5.75 Å². The summed E-state index contributed by atoms with van der Waals surface area (Å²) in [5.74, 6) is 1.47. The maximum absolute atomic E-state index is 6.34. The standard InChI is InChI=1S/C22H26N4O/c1-3-24-22-25-15-12-20(26-22)18-10-7-11-19(16-18)27-21(13-14-23-2)17-8-5-4-6-9-17/h4-12,15-16,21,23H,3,13-14H2,1-2H3,(H,24,25,26). The molecule has 0 saturated carbocycles. The Balaban J connectivity index is 1.82. The topological polar surface area (TPSA) is 59.1 Å². The SMILES string of the molecule is CCNc1nccc(-c2cccc(OC(CCNC)c3ccccc3)c2)n1. The molecule has 1 atom stereocenters. The number of aromatic nitrogens is 2. The Hall–Kier alpha value is -2.92. The molecule has 3 rings (SSSR count). The summed E-state index contributed by atoms with van der Waals surface area (Å²) in [4.78, 5) is 8.81. The van der Waals surface area contributed by atoms with Gasteiger partial charge in [0.15, 0.2) is 0 Å². The third kappa shape index (κ3) is 5.28. The summed E-state index contributed by atoms with van der Waals surface area (Å²) in [7, 11) is 1.96. The van der Waals surface area contributed by atoms with Gasteiger partial charge in [0.1, 0.15) is 11.9 Å². The first-order valence-corrected chi connectivity index (χ1v) is 9.33. The maximum Gasteiger partial charge on any atom is 0.223 e. The van der Waals surface area contributed by atoms with E-state index in [0.717, 1.165) is 36.5 Å². The first-order chi connectivity index (χ1) is 13.3. The molecule has 0 spiro atoms. The highest BCUT2D eigenvalue weighted by atomic mass is 16.5. The van der Waals surface area contributed by atoms with E-state index in [1.54, 1.807) is 6.20 Å². The van der Waals surface area contributed by atoms with E-state index in [1.165, 1.54) is 5.56 Å². The molecule has 3 aromatic rings. The molecule has 0 bridgehead atoms. The van der Waals surface area contributed by atoms with Crippen LogP contribution < -0.4 is 15.4 Å². The van der Waals surface area contributed by atoms with Crippen molar-refractivity contribution in [2.75, 3.05) is 25.5 Å². The van der Waals surface area contributed by atoms with Crippen molar-refractivity contribution in [1.29, 1.82) is 0 Å². The Morgan fingerprint density at radius 1 is 1.04 bits per heavy atom. The Labute approximate surface area is 160 Å². The Morgan fingerprint density at radius 2 is 1.89 bits per heavy atom. The quantitative estimate of drug-likeness (QED) is 0.594. The van der Waals surface area contributed by atoms with Gasteiger partial charge in [0, 0.05) is 24.7 Å². The number of hydrogen-bond acceptors (Lipinski definition) is 5. The van der Waals surface area contributed by atoms with Crippen LogP contribution in [0.25, 0.3) is 11.3 Å². The number of hydrogen-bond donors (Lipinski definition) is 2. The van der Waals surface area contributed by atoms with Crippen LogP contribution in [0.3, 0.4) is 0 Å². The van der Waals surface area contributed by atoms with Crippen LogP contribution in [0.2, 0.25) is 0 Å². The second kappa shape index (κ2) is 9.69. The van der Waals surface area contributed by atoms with Gasteiger partial charge in [-0.2, -0.15) is 0 Å². The highest BCUT2D eigenvalue weighted by Gasteiger charge is 2.13. The van der Waals surface area contributed by atoms with E-state index in [0.29, 0.717) is 5.95 Å². The lowest BCUT2D eigenvalue weighted by molar-refractivity contribution is 0.195. The minimum absolute atomic E-state index is 0.00313. The minimum Gasteiger partial charge on any atom is -0.486 e. The van der Waals surface area contributed by atoms with E-state index in [1.807, 2.05) is 62.5 Å². The zero-order valence-electron chi connectivity index (χ0n) is 15.9. The zero-order chi connectivity index (χ0) is 18.9. The molecule has 0 amide bonds. The van der Waals surface area contributed by atoms with Crippen LogP contribution in [-0.2, 0) is 0 Å². The highest BCUT2D eigenvalue weighted by Crippen LogP contribution is 2.28. The van der Waals surface area contributed by atoms with Gasteiger partial charge in [0.2, 0.25) is 5.95 Å². The Morgan fingerprint density at radius 3 is 2.67 bits per heavy atom. The Kier molecular flexibility index (Phi) is 6.77. The van der Waals surface area contributed by atoms with Crippen molar-refractivity contribution in [1.82, 2.24) is 15.3 Å². The summed E-state index contributed by atoms with van der Waals surface area (Å²) in [6, 6.07) is 20.3. The molecule has 0 aliphatic heterocycles. The molecule has 1 unspecified atom stereocenters. The minimum atomic E-state index is -0.00313. The molecule has 27 heavy (non-hydrogen) atoms. The van der Waals surface area contributed by atoms with Crippen molar-refractivity contribution >= 4 is 5.95 Å². The molecule has 5 heteroatoms. The molecule has 0 aliphatic rings. The molecular formula is C22H26N4O. The van der Waals surface area contributed by atoms with Gasteiger partial charge in [-0.1, -0.05) is 42.5 Å². The summed E-state index contributed by atoms with van der Waals surface area (Å²) in [6.07, 6.45) is 2.66. The average molecular weight is 362 g/mol. The smallest absolute Gasteiger partial charge is 0.223 e. The summed E-state index contributed by atoms with van der Waals surface area (Å²) >= 11 is 0. The van der Waals surface area contributed by atoms with Gasteiger partial charge in [0.25, 0.3) is 0 Å². The molecule has 2 N–H and O–H groups in total. The third-order valence-electron chi connectivity index (χ3n) is 4.23. The zero-order valence-corrected chi connectivity index (χ0v) is 15.9. The lowest BCUT2D eigenvalue weighted by atomic mass is 10.1. The summed E-state index contributed by atoms with van der Waals surface area (Å²) < 4.78 is 6.34. The predicted octanol–water partition coefficient (Wildman–Crippen LogP) is 4.31. The first-order valence-electron chi connectivity index (χ1n) is 9.33. The number of ether oxygens (including phenoxy) is 1. The van der Waals surface area contributed by atoms with Crippen molar-refractivity contribution in [3.05, 3.63) is 72.4 Å². The fourth-order valence-electron chi connectivity index (χ4n) is 2.89. The second-order valence-corrected chi connectivity index (χ2v) is 6.23. The normalized spacial score (nSPS) is 11.8. The van der Waals surface area contributed by atoms with Crippen molar-refractivity contribution in [3.8, 4) is 17.0 Å². The Bertz CT molecular complexity index is 838. The number of nitrogens with zero attached hydrogens (tertiary/aromatic N) is 2. The molecule has 0 fully saturated rings. The van der Waals surface area contributed by atoms with Crippen molar-refractivity contribution in [2.45, 2.75) is 19.4 Å². The largest absolute Gasteiger partial charge is 0.486 e. The lowest BCUT2D eigenvalue weighted by Gasteiger charge is -2.20. The van der Waals surface area contributed by atoms with Gasteiger partial charge >= 0.3 is 0 Å². The molecular weight excluding hydrogens is 336 g/mol. The fraction of sp³-hybridized carbons (Fsp3) is 0.273. The first kappa shape index (κ1) is 18.9. The van der Waals surface area contributed by atoms with Gasteiger partial charge in [-0.25, -0.2) is 9.97 Å². The van der Waals surface area contributed by atoms with E-state index < -0.39 is 0 Å². The number of benzene rings is 2. The van der Waals surface area contributed by atoms with Gasteiger partial charge in [0.05, 0.1) is 5.69 Å². The second-order valence-electron chi connectivity index (χ2n) is 6.23. The molecule has 0 saturated heterocycles. The highest BCUT2D eigenvalue weighted by molar-refractivity contribution is 5.62. The molecule has 0 aliphatic carbocycles. The molecule has 1 heterocycles. The molecule has 2 aromatic carbocycles. The molecule has 1 aromatic heterocycles. The van der Waals surface area contributed by atoms with E-state index in [4.69, 9.17) is 4.74 Å². The van der Waals surface area contributed by atoms with Crippen molar-refractivity contribution in [2.24, 2.45) is 0 Å². The number of rotatable bonds is 9. The van der Waals surface area contributed by atoms with Gasteiger partial charge in [-0.05, 0) is 44.3 Å². The summed E-state index contributed by atoms with van der Waals surface area (Å²) in [6.45, 7) is 3.70. The van der Waals surface area contributed by atoms with E-state index in [2.05, 4.69) is 32.7 Å². The van der Waals surface area contributed by atoms with Crippen LogP contribution >= 0.6 is 0 Å². The lowest BCUT2D eigenvalue weighted by Crippen LogP contribution is -2.16. The third-order valence-corrected chi connectivity index (χ3v) is 4.23. The van der Waals surface area contributed by atoms with E-state index in [-0.39, 0.29) is 6.10 Å². The number of anilines is 1. The van der Waals surface area contributed by atoms with Crippen LogP contribution in [0.15, 0.2) is 66.9 Å². The maximum atomic E-state index is 6.34. The average Bonchev–Trinajstić information content (AvgIpc) is 2.72. The van der Waals surface area contributed by atoms with Crippen LogP contribution in [-0.4, -0.2) is 30.1 Å². The number of nitrogens with one attached hydrogen (secondary N) is 2. The molecule has 0 radical (unpaired) electrons. The monoisotopic (exact) mass is 362 g/mol. The van der Waals surface area contributed by atoms with Gasteiger partial charge in [-0.15, -0.1) is 0 Å². The van der Waals surface area contributed by atoms with E-state index in [9.17, 15) is 0 Å². The van der Waals surface area contributed by atoms with Crippen LogP contribution in [0, 0.1) is 0 Å². The van der Waals surface area contributed by atoms with Crippen molar-refractivity contribution < 1.29 is 4.74 Å². The van der Waals surface area contributed by atoms with Crippen LogP contribution in [0.1, 0.15) is 25.0 Å². The summed E-state index contributed by atoms with van der Waals surface area (Å²) in [5.41, 5.74) is 3.06. The van der Waals surface area contributed by atoms with Gasteiger partial charge < -0.3 is 15.4 Å². The van der Waals surface area contributed by atoms with E-state index >= 15 is 0 Å². The molecule has 5 nitrogen and oxygen atoms in total. The van der Waals surface area contributed by atoms with Gasteiger partial charge in [-0.3, -0.25) is 0 Å². The predicted molar refractivity (Wildman–Crippen MR) is 110 cm³/mol. The molecule has 140 valence electrons.